The van der Waals surface area contributed by atoms with Crippen molar-refractivity contribution in [3.8, 4) is 16.3 Å². The molecule has 1 aliphatic rings. The zero-order chi connectivity index (χ0) is 18.6. The van der Waals surface area contributed by atoms with Crippen LogP contribution in [0.25, 0.3) is 16.3 Å². The summed E-state index contributed by atoms with van der Waals surface area (Å²) in [7, 11) is 0. The SMILES string of the molecule is CCN(C(=O)c1csc(-c2cnn(-c3ccccc3)c2)n1)[C@H]1CCCNC1. The van der Waals surface area contributed by atoms with Crippen LogP contribution in [-0.2, 0) is 0 Å². The monoisotopic (exact) mass is 381 g/mol. The number of benzene rings is 1. The molecule has 1 N–H and O–H groups in total. The van der Waals surface area contributed by atoms with E-state index in [1.807, 2.05) is 58.4 Å². The average Bonchev–Trinajstić information content (AvgIpc) is 3.40. The van der Waals surface area contributed by atoms with Crippen LogP contribution in [0.15, 0.2) is 48.1 Å². The standard InChI is InChI=1S/C20H23N5OS/c1-2-24(17-9-6-10-21-12-17)20(26)18-14-27-19(23-18)15-11-22-25(13-15)16-7-4-3-5-8-16/h3-5,7-8,11,13-14,17,21H,2,6,9-10,12H2,1H3/t17-/m0/s1. The van der Waals surface area contributed by atoms with E-state index in [9.17, 15) is 4.79 Å². The summed E-state index contributed by atoms with van der Waals surface area (Å²) in [5, 5.41) is 10.5. The van der Waals surface area contributed by atoms with E-state index in [0.29, 0.717) is 12.2 Å². The molecule has 7 heteroatoms. The molecule has 4 rings (SSSR count). The normalized spacial score (nSPS) is 17.0. The second kappa shape index (κ2) is 8.02. The highest BCUT2D eigenvalue weighted by Gasteiger charge is 2.26. The Bertz CT molecular complexity index is 898. The Balaban J connectivity index is 1.53. The van der Waals surface area contributed by atoms with Crippen LogP contribution in [0.5, 0.6) is 0 Å². The summed E-state index contributed by atoms with van der Waals surface area (Å²) in [6.07, 6.45) is 5.90. The molecule has 1 aliphatic heterocycles. The number of rotatable bonds is 5. The fourth-order valence-electron chi connectivity index (χ4n) is 3.47. The largest absolute Gasteiger partial charge is 0.333 e. The van der Waals surface area contributed by atoms with Crippen molar-refractivity contribution < 1.29 is 4.79 Å². The van der Waals surface area contributed by atoms with Crippen molar-refractivity contribution in [2.24, 2.45) is 0 Å². The molecule has 0 radical (unpaired) electrons. The lowest BCUT2D eigenvalue weighted by Gasteiger charge is -2.33. The number of nitrogens with one attached hydrogen (secondary N) is 1. The van der Waals surface area contributed by atoms with Crippen LogP contribution >= 0.6 is 11.3 Å². The van der Waals surface area contributed by atoms with E-state index in [1.54, 1.807) is 6.20 Å². The topological polar surface area (TPSA) is 63.1 Å². The summed E-state index contributed by atoms with van der Waals surface area (Å²) in [6.45, 7) is 4.63. The van der Waals surface area contributed by atoms with Crippen molar-refractivity contribution >= 4 is 17.2 Å². The lowest BCUT2D eigenvalue weighted by Crippen LogP contribution is -2.48. The first-order valence-electron chi connectivity index (χ1n) is 9.34. The number of hydrogen-bond acceptors (Lipinski definition) is 5. The quantitative estimate of drug-likeness (QED) is 0.737. The molecule has 0 spiro atoms. The number of hydrogen-bond donors (Lipinski definition) is 1. The number of aromatic nitrogens is 3. The van der Waals surface area contributed by atoms with Crippen molar-refractivity contribution in [2.45, 2.75) is 25.8 Å². The van der Waals surface area contributed by atoms with Gasteiger partial charge in [-0.05, 0) is 38.4 Å². The Morgan fingerprint density at radius 1 is 1.37 bits per heavy atom. The Morgan fingerprint density at radius 2 is 2.22 bits per heavy atom. The molecule has 140 valence electrons. The summed E-state index contributed by atoms with van der Waals surface area (Å²) < 4.78 is 1.82. The van der Waals surface area contributed by atoms with Crippen LogP contribution in [0.2, 0.25) is 0 Å². The number of carbonyl (C=O) groups is 1. The second-order valence-electron chi connectivity index (χ2n) is 6.64. The van der Waals surface area contributed by atoms with Gasteiger partial charge in [-0.15, -0.1) is 11.3 Å². The Morgan fingerprint density at radius 3 is 2.96 bits per heavy atom. The molecule has 1 saturated heterocycles. The number of piperidine rings is 1. The minimum absolute atomic E-state index is 0.0177. The third kappa shape index (κ3) is 3.79. The first-order valence-corrected chi connectivity index (χ1v) is 10.2. The Hall–Kier alpha value is -2.51. The van der Waals surface area contributed by atoms with Gasteiger partial charge in [0.1, 0.15) is 10.7 Å². The van der Waals surface area contributed by atoms with Crippen LogP contribution < -0.4 is 5.32 Å². The van der Waals surface area contributed by atoms with Gasteiger partial charge in [-0.25, -0.2) is 9.67 Å². The van der Waals surface area contributed by atoms with E-state index in [-0.39, 0.29) is 11.9 Å². The number of amides is 1. The maximum absolute atomic E-state index is 13.0. The summed E-state index contributed by atoms with van der Waals surface area (Å²) in [4.78, 5) is 19.5. The van der Waals surface area contributed by atoms with Gasteiger partial charge in [0.05, 0.1) is 11.9 Å². The van der Waals surface area contributed by atoms with Crippen molar-refractivity contribution in [1.82, 2.24) is 25.0 Å². The molecular weight excluding hydrogens is 358 g/mol. The van der Waals surface area contributed by atoms with Gasteiger partial charge in [-0.1, -0.05) is 18.2 Å². The first-order chi connectivity index (χ1) is 13.3. The van der Waals surface area contributed by atoms with Gasteiger partial charge >= 0.3 is 0 Å². The highest BCUT2D eigenvalue weighted by Crippen LogP contribution is 2.25. The summed E-state index contributed by atoms with van der Waals surface area (Å²) in [6, 6.07) is 10.2. The maximum Gasteiger partial charge on any atom is 0.273 e. The smallest absolute Gasteiger partial charge is 0.273 e. The molecule has 0 unspecified atom stereocenters. The fourth-order valence-corrected chi connectivity index (χ4v) is 4.24. The molecule has 1 fully saturated rings. The number of thiazole rings is 1. The van der Waals surface area contributed by atoms with Gasteiger partial charge in [0.15, 0.2) is 0 Å². The highest BCUT2D eigenvalue weighted by molar-refractivity contribution is 7.13. The zero-order valence-corrected chi connectivity index (χ0v) is 16.2. The molecule has 27 heavy (non-hydrogen) atoms. The molecule has 0 aliphatic carbocycles. The van der Waals surface area contributed by atoms with Gasteiger partial charge in [0.25, 0.3) is 5.91 Å². The van der Waals surface area contributed by atoms with Crippen LogP contribution in [0, 0.1) is 0 Å². The second-order valence-corrected chi connectivity index (χ2v) is 7.50. The lowest BCUT2D eigenvalue weighted by atomic mass is 10.1. The van der Waals surface area contributed by atoms with Crippen LogP contribution in [0.1, 0.15) is 30.3 Å². The summed E-state index contributed by atoms with van der Waals surface area (Å²) in [5.41, 5.74) is 2.44. The Labute approximate surface area is 162 Å². The zero-order valence-electron chi connectivity index (χ0n) is 15.3. The first kappa shape index (κ1) is 17.9. The molecule has 2 aromatic heterocycles. The highest BCUT2D eigenvalue weighted by atomic mass is 32.1. The van der Waals surface area contributed by atoms with E-state index < -0.39 is 0 Å². The van der Waals surface area contributed by atoms with E-state index in [4.69, 9.17) is 0 Å². The van der Waals surface area contributed by atoms with Crippen LogP contribution in [0.4, 0.5) is 0 Å². The molecule has 3 aromatic rings. The minimum atomic E-state index is 0.0177. The third-order valence-corrected chi connectivity index (χ3v) is 5.78. The van der Waals surface area contributed by atoms with E-state index in [2.05, 4.69) is 15.4 Å². The number of nitrogens with zero attached hydrogens (tertiary/aromatic N) is 4. The maximum atomic E-state index is 13.0. The minimum Gasteiger partial charge on any atom is -0.333 e. The summed E-state index contributed by atoms with van der Waals surface area (Å²) >= 11 is 1.49. The molecular formula is C20H23N5OS. The van der Waals surface area contributed by atoms with Gasteiger partial charge in [-0.3, -0.25) is 4.79 Å². The van der Waals surface area contributed by atoms with Gasteiger partial charge in [-0.2, -0.15) is 5.10 Å². The van der Waals surface area contributed by atoms with Crippen LogP contribution in [-0.4, -0.2) is 51.2 Å². The molecule has 3 heterocycles. The number of para-hydroxylation sites is 1. The fraction of sp³-hybridized carbons (Fsp3) is 0.350. The number of carbonyl (C=O) groups excluding carboxylic acids is 1. The van der Waals surface area contributed by atoms with Crippen molar-refractivity contribution in [2.75, 3.05) is 19.6 Å². The molecule has 1 atom stereocenters. The predicted molar refractivity (Wildman–Crippen MR) is 107 cm³/mol. The predicted octanol–water partition coefficient (Wildman–Crippen LogP) is 3.21. The van der Waals surface area contributed by atoms with Gasteiger partial charge < -0.3 is 10.2 Å². The molecule has 0 saturated carbocycles. The van der Waals surface area contributed by atoms with E-state index in [1.165, 1.54) is 11.3 Å². The van der Waals surface area contributed by atoms with Crippen molar-refractivity contribution in [3.05, 3.63) is 53.8 Å². The Kier molecular flexibility index (Phi) is 5.31. The van der Waals surface area contributed by atoms with Crippen LogP contribution in [0.3, 0.4) is 0 Å². The average molecular weight is 382 g/mol. The lowest BCUT2D eigenvalue weighted by molar-refractivity contribution is 0.0657. The summed E-state index contributed by atoms with van der Waals surface area (Å²) in [5.74, 6) is 0.0177. The van der Waals surface area contributed by atoms with Crippen molar-refractivity contribution in [3.63, 3.8) is 0 Å². The molecule has 6 nitrogen and oxygen atoms in total. The van der Waals surface area contributed by atoms with Gasteiger partial charge in [0, 0.05) is 36.3 Å². The van der Waals surface area contributed by atoms with Crippen molar-refractivity contribution in [1.29, 1.82) is 0 Å². The molecule has 1 aromatic carbocycles. The van der Waals surface area contributed by atoms with E-state index >= 15 is 0 Å². The molecule has 1 amide bonds. The number of likely N-dealkylation sites (N-methyl/N-ethyl adjacent to an activating group) is 1. The van der Waals surface area contributed by atoms with E-state index in [0.717, 1.165) is 42.2 Å². The van der Waals surface area contributed by atoms with Gasteiger partial charge in [0.2, 0.25) is 0 Å². The molecule has 0 bridgehead atoms. The third-order valence-electron chi connectivity index (χ3n) is 4.89.